The summed E-state index contributed by atoms with van der Waals surface area (Å²) in [5.74, 6) is -0.514. The lowest BCUT2D eigenvalue weighted by Gasteiger charge is -2.26. The number of aliphatic hydroxyl groups is 1. The fraction of sp³-hybridized carbons (Fsp3) is 0.533. The highest BCUT2D eigenvalue weighted by Gasteiger charge is 2.30. The minimum atomic E-state index is -0.423. The van der Waals surface area contributed by atoms with E-state index in [-0.39, 0.29) is 17.8 Å². The van der Waals surface area contributed by atoms with Crippen molar-refractivity contribution in [3.63, 3.8) is 0 Å². The summed E-state index contributed by atoms with van der Waals surface area (Å²) in [6.07, 6.45) is 2.01. The van der Waals surface area contributed by atoms with Crippen LogP contribution in [0.15, 0.2) is 18.2 Å². The van der Waals surface area contributed by atoms with Gasteiger partial charge in [-0.15, -0.1) is 0 Å². The molecule has 2 unspecified atom stereocenters. The van der Waals surface area contributed by atoms with E-state index >= 15 is 0 Å². The van der Waals surface area contributed by atoms with E-state index in [2.05, 4.69) is 0 Å². The van der Waals surface area contributed by atoms with Crippen LogP contribution < -0.4 is 0 Å². The maximum Gasteiger partial charge on any atom is 0.254 e. The van der Waals surface area contributed by atoms with Gasteiger partial charge < -0.3 is 10.0 Å². The molecule has 19 heavy (non-hydrogen) atoms. The molecule has 1 fully saturated rings. The van der Waals surface area contributed by atoms with Crippen LogP contribution in [0, 0.1) is 12.7 Å². The van der Waals surface area contributed by atoms with Gasteiger partial charge in [-0.3, -0.25) is 4.79 Å². The average Bonchev–Trinajstić information content (AvgIpc) is 2.73. The van der Waals surface area contributed by atoms with E-state index in [4.69, 9.17) is 0 Å². The van der Waals surface area contributed by atoms with Crippen molar-refractivity contribution in [2.45, 2.75) is 45.3 Å². The Morgan fingerprint density at radius 1 is 1.53 bits per heavy atom. The van der Waals surface area contributed by atoms with Gasteiger partial charge in [0.15, 0.2) is 0 Å². The second-order valence-corrected chi connectivity index (χ2v) is 5.40. The Morgan fingerprint density at radius 3 is 2.89 bits per heavy atom. The Hall–Kier alpha value is -1.42. The summed E-state index contributed by atoms with van der Waals surface area (Å²) in [5.41, 5.74) is 1.14. The van der Waals surface area contributed by atoms with E-state index in [1.807, 2.05) is 0 Å². The number of benzene rings is 1. The molecule has 0 aromatic heterocycles. The normalized spacial score (nSPS) is 20.6. The number of aryl methyl sites for hydroxylation is 1. The van der Waals surface area contributed by atoms with Crippen molar-refractivity contribution >= 4 is 5.91 Å². The second kappa shape index (κ2) is 5.70. The molecule has 1 aromatic rings. The van der Waals surface area contributed by atoms with Crippen LogP contribution in [0.1, 0.15) is 42.1 Å². The molecule has 4 heteroatoms. The van der Waals surface area contributed by atoms with Crippen LogP contribution in [0.4, 0.5) is 4.39 Å². The van der Waals surface area contributed by atoms with Gasteiger partial charge >= 0.3 is 0 Å². The predicted molar refractivity (Wildman–Crippen MR) is 71.5 cm³/mol. The molecule has 2 atom stereocenters. The molecule has 0 spiro atoms. The lowest BCUT2D eigenvalue weighted by molar-refractivity contribution is 0.0681. The minimum Gasteiger partial charge on any atom is -0.393 e. The number of carbonyl (C=O) groups excluding carboxylic acids is 1. The summed E-state index contributed by atoms with van der Waals surface area (Å²) >= 11 is 0. The molecule has 0 aliphatic carbocycles. The van der Waals surface area contributed by atoms with Crippen LogP contribution in [0.5, 0.6) is 0 Å². The van der Waals surface area contributed by atoms with Crippen LogP contribution >= 0.6 is 0 Å². The summed E-state index contributed by atoms with van der Waals surface area (Å²) in [7, 11) is 0. The van der Waals surface area contributed by atoms with Crippen LogP contribution in [0.25, 0.3) is 0 Å². The molecule has 2 rings (SSSR count). The lowest BCUT2D eigenvalue weighted by Crippen LogP contribution is -2.37. The number of likely N-dealkylation sites (tertiary alicyclic amines) is 1. The number of hydrogen-bond donors (Lipinski definition) is 1. The number of nitrogens with zero attached hydrogens (tertiary/aromatic N) is 1. The molecule has 0 radical (unpaired) electrons. The molecule has 1 aromatic carbocycles. The summed E-state index contributed by atoms with van der Waals surface area (Å²) in [4.78, 5) is 14.2. The van der Waals surface area contributed by atoms with E-state index in [1.54, 1.807) is 24.8 Å². The number of hydrogen-bond acceptors (Lipinski definition) is 2. The second-order valence-electron chi connectivity index (χ2n) is 5.40. The van der Waals surface area contributed by atoms with Gasteiger partial charge in [0, 0.05) is 18.2 Å². The third-order valence-electron chi connectivity index (χ3n) is 3.54. The number of halogens is 1. The van der Waals surface area contributed by atoms with Crippen molar-refractivity contribution in [1.29, 1.82) is 0 Å². The minimum absolute atomic E-state index is 0.0658. The first-order valence-electron chi connectivity index (χ1n) is 6.73. The van der Waals surface area contributed by atoms with Crippen molar-refractivity contribution in [2.75, 3.05) is 6.54 Å². The summed E-state index contributed by atoms with van der Waals surface area (Å²) in [6.45, 7) is 4.19. The summed E-state index contributed by atoms with van der Waals surface area (Å²) in [5, 5.41) is 9.47. The first-order valence-corrected chi connectivity index (χ1v) is 6.73. The predicted octanol–water partition coefficient (Wildman–Crippen LogP) is 2.51. The molecule has 1 aliphatic heterocycles. The molecule has 0 bridgehead atoms. The molecule has 104 valence electrons. The van der Waals surface area contributed by atoms with Crippen molar-refractivity contribution < 1.29 is 14.3 Å². The van der Waals surface area contributed by atoms with E-state index in [0.29, 0.717) is 18.5 Å². The van der Waals surface area contributed by atoms with E-state index < -0.39 is 6.10 Å². The highest BCUT2D eigenvalue weighted by Crippen LogP contribution is 2.24. The maximum absolute atomic E-state index is 13.4. The fourth-order valence-electron chi connectivity index (χ4n) is 2.77. The van der Waals surface area contributed by atoms with Gasteiger partial charge in [0.05, 0.1) is 6.10 Å². The summed E-state index contributed by atoms with van der Waals surface area (Å²) < 4.78 is 13.4. The van der Waals surface area contributed by atoms with Crippen molar-refractivity contribution in [1.82, 2.24) is 4.90 Å². The SMILES string of the molecule is Cc1cc(F)cc(C(=O)N2CCCC2CC(C)O)c1. The lowest BCUT2D eigenvalue weighted by atomic mass is 10.1. The number of carbonyl (C=O) groups is 1. The molecular weight excluding hydrogens is 245 g/mol. The Morgan fingerprint density at radius 2 is 2.26 bits per heavy atom. The maximum atomic E-state index is 13.4. The number of aliphatic hydroxyl groups excluding tert-OH is 1. The molecule has 1 amide bonds. The Kier molecular flexibility index (Phi) is 4.20. The largest absolute Gasteiger partial charge is 0.393 e. The molecule has 1 aliphatic rings. The van der Waals surface area contributed by atoms with Crippen LogP contribution in [-0.2, 0) is 0 Å². The number of amides is 1. The van der Waals surface area contributed by atoms with E-state index in [9.17, 15) is 14.3 Å². The zero-order chi connectivity index (χ0) is 14.0. The van der Waals surface area contributed by atoms with Crippen LogP contribution in [0.3, 0.4) is 0 Å². The topological polar surface area (TPSA) is 40.5 Å². The fourth-order valence-corrected chi connectivity index (χ4v) is 2.77. The Balaban J connectivity index is 2.18. The molecular formula is C15H20FNO2. The van der Waals surface area contributed by atoms with E-state index in [0.717, 1.165) is 18.4 Å². The monoisotopic (exact) mass is 265 g/mol. The quantitative estimate of drug-likeness (QED) is 0.912. The zero-order valence-electron chi connectivity index (χ0n) is 11.4. The molecule has 0 saturated carbocycles. The third kappa shape index (κ3) is 3.32. The number of rotatable bonds is 3. The van der Waals surface area contributed by atoms with Gasteiger partial charge in [0.2, 0.25) is 0 Å². The van der Waals surface area contributed by atoms with Crippen LogP contribution in [-0.4, -0.2) is 34.6 Å². The standard InChI is InChI=1S/C15H20FNO2/c1-10-6-12(9-13(16)7-10)15(19)17-5-3-4-14(17)8-11(2)18/h6-7,9,11,14,18H,3-5,8H2,1-2H3. The first-order chi connectivity index (χ1) is 8.97. The smallest absolute Gasteiger partial charge is 0.254 e. The van der Waals surface area contributed by atoms with Gasteiger partial charge in [-0.2, -0.15) is 0 Å². The van der Waals surface area contributed by atoms with Crippen molar-refractivity contribution in [3.8, 4) is 0 Å². The molecule has 3 nitrogen and oxygen atoms in total. The van der Waals surface area contributed by atoms with E-state index in [1.165, 1.54) is 12.1 Å². The Bertz CT molecular complexity index is 453. The van der Waals surface area contributed by atoms with Gasteiger partial charge in [-0.1, -0.05) is 0 Å². The van der Waals surface area contributed by atoms with Crippen molar-refractivity contribution in [3.05, 3.63) is 35.1 Å². The Labute approximate surface area is 113 Å². The van der Waals surface area contributed by atoms with Crippen molar-refractivity contribution in [2.24, 2.45) is 0 Å². The molecule has 1 N–H and O–H groups in total. The van der Waals surface area contributed by atoms with Gasteiger partial charge in [-0.25, -0.2) is 4.39 Å². The summed E-state index contributed by atoms with van der Waals surface area (Å²) in [6, 6.07) is 4.47. The highest BCUT2D eigenvalue weighted by molar-refractivity contribution is 5.94. The van der Waals surface area contributed by atoms with Gasteiger partial charge in [-0.05, 0) is 56.9 Å². The third-order valence-corrected chi connectivity index (χ3v) is 3.54. The molecule has 1 saturated heterocycles. The van der Waals surface area contributed by atoms with Gasteiger partial charge in [0.1, 0.15) is 5.82 Å². The van der Waals surface area contributed by atoms with Crippen LogP contribution in [0.2, 0.25) is 0 Å². The average molecular weight is 265 g/mol. The zero-order valence-corrected chi connectivity index (χ0v) is 11.4. The first kappa shape index (κ1) is 14.0. The van der Waals surface area contributed by atoms with Gasteiger partial charge in [0.25, 0.3) is 5.91 Å². The molecule has 1 heterocycles. The highest BCUT2D eigenvalue weighted by atomic mass is 19.1.